The Labute approximate surface area is 568 Å². The summed E-state index contributed by atoms with van der Waals surface area (Å²) in [7, 11) is -9.89. The smallest absolute Gasteiger partial charge is 0.462 e. The number of hydrogen-bond donors (Lipinski definition) is 3. The molecule has 0 saturated carbocycles. The average molecular weight is 1370 g/mol. The van der Waals surface area contributed by atoms with E-state index in [4.69, 9.17) is 37.0 Å². The molecule has 0 spiro atoms. The van der Waals surface area contributed by atoms with Gasteiger partial charge in [-0.3, -0.25) is 37.3 Å². The second-order valence-electron chi connectivity index (χ2n) is 27.4. The maximum atomic E-state index is 13.1. The first kappa shape index (κ1) is 91.1. The highest BCUT2D eigenvalue weighted by molar-refractivity contribution is 7.47. The summed E-state index contributed by atoms with van der Waals surface area (Å²) in [6, 6.07) is 0. The van der Waals surface area contributed by atoms with Gasteiger partial charge in [-0.05, 0) is 37.5 Å². The Morgan fingerprint density at radius 1 is 0.312 bits per heavy atom. The van der Waals surface area contributed by atoms with E-state index >= 15 is 0 Å². The first-order valence-electron chi connectivity index (χ1n) is 38.5. The van der Waals surface area contributed by atoms with E-state index in [1.165, 1.54) is 193 Å². The van der Waals surface area contributed by atoms with Gasteiger partial charge in [0.15, 0.2) is 12.2 Å². The molecule has 6 atom stereocenters. The van der Waals surface area contributed by atoms with Crippen molar-refractivity contribution in [3.63, 3.8) is 0 Å². The summed E-state index contributed by atoms with van der Waals surface area (Å²) in [5, 5.41) is 10.6. The molecule has 0 aromatic rings. The largest absolute Gasteiger partial charge is 0.472 e. The number of rotatable bonds is 73. The molecular formula is C74H144O17P2. The Bertz CT molecular complexity index is 1810. The molecule has 17 nitrogen and oxygen atoms in total. The highest BCUT2D eigenvalue weighted by Crippen LogP contribution is 2.45. The average Bonchev–Trinajstić information content (AvgIpc) is 2.13. The monoisotopic (exact) mass is 1370 g/mol. The van der Waals surface area contributed by atoms with Crippen LogP contribution in [-0.4, -0.2) is 96.7 Å². The fraction of sp³-hybridized carbons (Fsp3) is 0.946. The first-order valence-corrected chi connectivity index (χ1v) is 41.5. The number of carbonyl (C=O) groups is 4. The molecule has 552 valence electrons. The maximum Gasteiger partial charge on any atom is 0.472 e. The van der Waals surface area contributed by atoms with Crippen molar-refractivity contribution in [2.24, 2.45) is 11.8 Å². The number of aliphatic hydroxyl groups excluding tert-OH is 1. The summed E-state index contributed by atoms with van der Waals surface area (Å²) < 4.78 is 68.2. The van der Waals surface area contributed by atoms with Crippen molar-refractivity contribution in [1.82, 2.24) is 0 Å². The lowest BCUT2D eigenvalue weighted by Gasteiger charge is -2.21. The number of hydrogen-bond acceptors (Lipinski definition) is 15. The molecule has 0 aromatic heterocycles. The molecule has 0 aliphatic carbocycles. The van der Waals surface area contributed by atoms with Gasteiger partial charge in [-0.15, -0.1) is 0 Å². The van der Waals surface area contributed by atoms with E-state index in [1.54, 1.807) is 0 Å². The fourth-order valence-electron chi connectivity index (χ4n) is 11.3. The second kappa shape index (κ2) is 66.0. The number of carbonyl (C=O) groups excluding carboxylic acids is 4. The molecule has 0 aliphatic rings. The van der Waals surface area contributed by atoms with Crippen LogP contribution in [0.25, 0.3) is 0 Å². The van der Waals surface area contributed by atoms with Crippen molar-refractivity contribution in [2.45, 2.75) is 400 Å². The van der Waals surface area contributed by atoms with Gasteiger partial charge in [-0.2, -0.15) is 0 Å². The van der Waals surface area contributed by atoms with Crippen LogP contribution in [0.1, 0.15) is 382 Å². The SMILES string of the molecule is CCCCCCCCCCCCCCCCCCC(=O)OC[C@H](COP(=O)(O)OC[C@@H](O)COP(=O)(O)OC[C@@H](COC(=O)CCCCCCC)OC(=O)CCCCCCCCCC(C)C)OC(=O)CCCCCCCCCCCCCCCCCCCCC(C)CC. The zero-order chi connectivity index (χ0) is 68.6. The van der Waals surface area contributed by atoms with Gasteiger partial charge in [0.05, 0.1) is 26.4 Å². The Morgan fingerprint density at radius 2 is 0.548 bits per heavy atom. The van der Waals surface area contributed by atoms with Crippen LogP contribution in [-0.2, 0) is 65.4 Å². The van der Waals surface area contributed by atoms with Gasteiger partial charge in [-0.25, -0.2) is 9.13 Å². The lowest BCUT2D eigenvalue weighted by Crippen LogP contribution is -2.30. The van der Waals surface area contributed by atoms with E-state index in [2.05, 4.69) is 41.5 Å². The third-order valence-corrected chi connectivity index (χ3v) is 19.5. The van der Waals surface area contributed by atoms with Crippen LogP contribution in [0, 0.1) is 11.8 Å². The summed E-state index contributed by atoms with van der Waals surface area (Å²) >= 11 is 0. The van der Waals surface area contributed by atoms with Gasteiger partial charge >= 0.3 is 39.5 Å². The van der Waals surface area contributed by atoms with E-state index < -0.39 is 97.5 Å². The minimum absolute atomic E-state index is 0.103. The van der Waals surface area contributed by atoms with Crippen molar-refractivity contribution in [3.05, 3.63) is 0 Å². The van der Waals surface area contributed by atoms with E-state index in [0.29, 0.717) is 31.6 Å². The molecule has 0 fully saturated rings. The highest BCUT2D eigenvalue weighted by Gasteiger charge is 2.30. The third kappa shape index (κ3) is 67.0. The summed E-state index contributed by atoms with van der Waals surface area (Å²) in [4.78, 5) is 72.4. The predicted molar refractivity (Wildman–Crippen MR) is 377 cm³/mol. The Kier molecular flexibility index (Phi) is 64.6. The summed E-state index contributed by atoms with van der Waals surface area (Å²) in [5.74, 6) is -0.565. The predicted octanol–water partition coefficient (Wildman–Crippen LogP) is 21.6. The van der Waals surface area contributed by atoms with Gasteiger partial charge in [0.25, 0.3) is 0 Å². The van der Waals surface area contributed by atoms with Crippen molar-refractivity contribution >= 4 is 39.5 Å². The number of esters is 4. The summed E-state index contributed by atoms with van der Waals surface area (Å²) in [5.41, 5.74) is 0. The number of phosphoric ester groups is 2. The van der Waals surface area contributed by atoms with E-state index in [0.717, 1.165) is 102 Å². The number of unbranched alkanes of at least 4 members (excludes halogenated alkanes) is 42. The molecule has 0 heterocycles. The number of ether oxygens (including phenoxy) is 4. The van der Waals surface area contributed by atoms with Crippen molar-refractivity contribution in [2.75, 3.05) is 39.6 Å². The van der Waals surface area contributed by atoms with E-state index in [9.17, 15) is 43.2 Å². The van der Waals surface area contributed by atoms with Crippen LogP contribution in [0.2, 0.25) is 0 Å². The Hall–Kier alpha value is -1.94. The van der Waals surface area contributed by atoms with Gasteiger partial charge in [0.2, 0.25) is 0 Å². The van der Waals surface area contributed by atoms with Crippen LogP contribution in [0.3, 0.4) is 0 Å². The standard InChI is InChI=1S/C74H144O17P2/c1-7-10-12-14-15-16-17-18-19-25-28-31-34-39-45-51-57-72(77)85-63-70(91-73(78)58-52-46-40-35-32-29-26-23-21-20-22-24-27-30-33-38-44-49-55-67(6)9-3)65-89-93(82,83)87-61-68(75)60-86-92(80,81)88-64-69(62-84-71(76)56-50-42-13-11-8-2)90-74(79)59-53-47-41-36-37-43-48-54-66(4)5/h66-70,75H,7-65H2,1-6H3,(H,80,81)(H,82,83)/t67?,68-,69+,70+/m0/s1. The molecule has 0 saturated heterocycles. The maximum absolute atomic E-state index is 13.1. The van der Waals surface area contributed by atoms with Crippen LogP contribution < -0.4 is 0 Å². The molecule has 0 aliphatic heterocycles. The number of aliphatic hydroxyl groups is 1. The molecule has 0 bridgehead atoms. The summed E-state index contributed by atoms with van der Waals surface area (Å²) in [6.07, 6.45) is 53.3. The lowest BCUT2D eigenvalue weighted by molar-refractivity contribution is -0.161. The molecule has 0 aromatic carbocycles. The minimum atomic E-state index is -4.95. The fourth-order valence-corrected chi connectivity index (χ4v) is 12.8. The van der Waals surface area contributed by atoms with Crippen molar-refractivity contribution in [3.8, 4) is 0 Å². The molecular weight excluding hydrogens is 1220 g/mol. The minimum Gasteiger partial charge on any atom is -0.462 e. The zero-order valence-electron chi connectivity index (χ0n) is 60.6. The van der Waals surface area contributed by atoms with Gasteiger partial charge in [-0.1, -0.05) is 330 Å². The normalized spacial score (nSPS) is 14.3. The molecule has 0 rings (SSSR count). The number of phosphoric acid groups is 2. The lowest BCUT2D eigenvalue weighted by atomic mass is 9.99. The Balaban J connectivity index is 5.11. The van der Waals surface area contributed by atoms with E-state index in [1.807, 2.05) is 0 Å². The Morgan fingerprint density at radius 3 is 0.817 bits per heavy atom. The van der Waals surface area contributed by atoms with Crippen LogP contribution in [0.15, 0.2) is 0 Å². The second-order valence-corrected chi connectivity index (χ2v) is 30.3. The molecule has 19 heteroatoms. The molecule has 93 heavy (non-hydrogen) atoms. The zero-order valence-corrected chi connectivity index (χ0v) is 62.3. The summed E-state index contributed by atoms with van der Waals surface area (Å²) in [6.45, 7) is 9.49. The topological polar surface area (TPSA) is 237 Å². The van der Waals surface area contributed by atoms with Crippen molar-refractivity contribution < 1.29 is 80.2 Å². The molecule has 3 N–H and O–H groups in total. The third-order valence-electron chi connectivity index (χ3n) is 17.6. The molecule has 0 radical (unpaired) electrons. The van der Waals surface area contributed by atoms with Crippen LogP contribution in [0.4, 0.5) is 0 Å². The van der Waals surface area contributed by atoms with Crippen LogP contribution in [0.5, 0.6) is 0 Å². The highest BCUT2D eigenvalue weighted by atomic mass is 31.2. The molecule has 0 amide bonds. The quantitative estimate of drug-likeness (QED) is 0.0222. The van der Waals surface area contributed by atoms with Crippen molar-refractivity contribution in [1.29, 1.82) is 0 Å². The van der Waals surface area contributed by atoms with Crippen LogP contribution >= 0.6 is 15.6 Å². The van der Waals surface area contributed by atoms with E-state index in [-0.39, 0.29) is 25.7 Å². The van der Waals surface area contributed by atoms with Gasteiger partial charge in [0, 0.05) is 25.7 Å². The first-order chi connectivity index (χ1) is 44.9. The van der Waals surface area contributed by atoms with Gasteiger partial charge in [0.1, 0.15) is 19.3 Å². The van der Waals surface area contributed by atoms with Gasteiger partial charge < -0.3 is 33.8 Å². The molecule has 3 unspecified atom stereocenters.